The number of halogens is 2. The van der Waals surface area contributed by atoms with Crippen LogP contribution in [0.2, 0.25) is 10.0 Å². The van der Waals surface area contributed by atoms with Gasteiger partial charge in [-0.05, 0) is 31.2 Å². The minimum Gasteiger partial charge on any atom is -0.468 e. The first-order valence-corrected chi connectivity index (χ1v) is 9.57. The van der Waals surface area contributed by atoms with Crippen molar-refractivity contribution in [2.24, 2.45) is 0 Å². The molecule has 0 amide bonds. The third kappa shape index (κ3) is 4.32. The number of rotatable bonds is 6. The highest BCUT2D eigenvalue weighted by Crippen LogP contribution is 2.34. The molecular weight excluding hydrogens is 419 g/mol. The van der Waals surface area contributed by atoms with Gasteiger partial charge in [-0.3, -0.25) is 19.2 Å². The SMILES string of the molecule is COC(=O)CN(c1cccc([N+](=O)[O-])c1C)S(=O)(=O)c1cc(Cl)ccc1Cl. The molecule has 11 heteroatoms. The summed E-state index contributed by atoms with van der Waals surface area (Å²) >= 11 is 11.9. The van der Waals surface area contributed by atoms with Gasteiger partial charge in [-0.1, -0.05) is 29.3 Å². The van der Waals surface area contributed by atoms with Crippen LogP contribution in [0.4, 0.5) is 11.4 Å². The molecule has 144 valence electrons. The van der Waals surface area contributed by atoms with Crippen LogP contribution in [0.25, 0.3) is 0 Å². The Morgan fingerprint density at radius 1 is 1.26 bits per heavy atom. The number of ether oxygens (including phenoxy) is 1. The largest absolute Gasteiger partial charge is 0.468 e. The molecule has 0 aliphatic rings. The zero-order chi connectivity index (χ0) is 20.4. The molecule has 0 aliphatic heterocycles. The van der Waals surface area contributed by atoms with E-state index in [0.29, 0.717) is 4.31 Å². The number of carbonyl (C=O) groups excluding carboxylic acids is 1. The molecule has 0 aromatic heterocycles. The normalized spacial score (nSPS) is 11.1. The Hall–Kier alpha value is -2.36. The average molecular weight is 433 g/mol. The average Bonchev–Trinajstić information content (AvgIpc) is 2.61. The molecule has 0 saturated heterocycles. The number of methoxy groups -OCH3 is 1. The number of anilines is 1. The van der Waals surface area contributed by atoms with Crippen LogP contribution in [0.1, 0.15) is 5.56 Å². The van der Waals surface area contributed by atoms with Gasteiger partial charge in [0, 0.05) is 11.1 Å². The first-order valence-electron chi connectivity index (χ1n) is 7.38. The van der Waals surface area contributed by atoms with Crippen molar-refractivity contribution in [3.63, 3.8) is 0 Å². The standard InChI is InChI=1S/C16H14Cl2N2O6S/c1-10-13(4-3-5-14(10)20(22)23)19(9-16(21)26-2)27(24,25)15-8-11(17)6-7-12(15)18/h3-8H,9H2,1-2H3. The van der Waals surface area contributed by atoms with E-state index in [-0.39, 0.29) is 31.9 Å². The number of nitro benzene ring substituents is 1. The second-order valence-electron chi connectivity index (χ2n) is 5.34. The van der Waals surface area contributed by atoms with E-state index < -0.39 is 27.5 Å². The van der Waals surface area contributed by atoms with Crippen molar-refractivity contribution in [1.82, 2.24) is 0 Å². The maximum Gasteiger partial charge on any atom is 0.326 e. The van der Waals surface area contributed by atoms with Crippen LogP contribution in [0.5, 0.6) is 0 Å². The molecule has 8 nitrogen and oxygen atoms in total. The van der Waals surface area contributed by atoms with E-state index in [9.17, 15) is 23.3 Å². The number of benzene rings is 2. The summed E-state index contributed by atoms with van der Waals surface area (Å²) in [5, 5.41) is 11.2. The Morgan fingerprint density at radius 3 is 2.52 bits per heavy atom. The van der Waals surface area contributed by atoms with E-state index in [1.807, 2.05) is 0 Å². The van der Waals surface area contributed by atoms with E-state index in [0.717, 1.165) is 13.2 Å². The fourth-order valence-corrected chi connectivity index (χ4v) is 4.56. The maximum atomic E-state index is 13.2. The van der Waals surface area contributed by atoms with Gasteiger partial charge in [-0.2, -0.15) is 0 Å². The molecule has 0 N–H and O–H groups in total. The third-order valence-corrected chi connectivity index (χ3v) is 6.18. The number of nitrogens with zero attached hydrogens (tertiary/aromatic N) is 2. The first kappa shape index (κ1) is 20.9. The van der Waals surface area contributed by atoms with Crippen molar-refractivity contribution < 1.29 is 22.9 Å². The topological polar surface area (TPSA) is 107 Å². The fourth-order valence-electron chi connectivity index (χ4n) is 2.35. The molecule has 0 unspecified atom stereocenters. The zero-order valence-corrected chi connectivity index (χ0v) is 16.5. The van der Waals surface area contributed by atoms with Crippen LogP contribution in [0, 0.1) is 17.0 Å². The lowest BCUT2D eigenvalue weighted by molar-refractivity contribution is -0.385. The smallest absolute Gasteiger partial charge is 0.326 e. The van der Waals surface area contributed by atoms with Gasteiger partial charge in [0.05, 0.1) is 28.3 Å². The van der Waals surface area contributed by atoms with Crippen LogP contribution in [0.3, 0.4) is 0 Å². The van der Waals surface area contributed by atoms with E-state index in [4.69, 9.17) is 23.2 Å². The molecule has 0 radical (unpaired) electrons. The minimum atomic E-state index is -4.38. The molecule has 2 aromatic carbocycles. The molecule has 2 rings (SSSR count). The molecule has 0 spiro atoms. The summed E-state index contributed by atoms with van der Waals surface area (Å²) in [4.78, 5) is 22.0. The van der Waals surface area contributed by atoms with Crippen LogP contribution < -0.4 is 4.31 Å². The summed E-state index contributed by atoms with van der Waals surface area (Å²) in [7, 11) is -3.29. The van der Waals surface area contributed by atoms with Crippen molar-refractivity contribution in [1.29, 1.82) is 0 Å². The summed E-state index contributed by atoms with van der Waals surface area (Å²) in [5.74, 6) is -0.859. The Morgan fingerprint density at radius 2 is 1.93 bits per heavy atom. The molecule has 0 fully saturated rings. The van der Waals surface area contributed by atoms with Crippen LogP contribution in [-0.2, 0) is 19.6 Å². The quantitative estimate of drug-likeness (QED) is 0.392. The Bertz CT molecular complexity index is 1010. The lowest BCUT2D eigenvalue weighted by Crippen LogP contribution is -2.37. The van der Waals surface area contributed by atoms with Gasteiger partial charge in [-0.15, -0.1) is 0 Å². The zero-order valence-electron chi connectivity index (χ0n) is 14.2. The first-order chi connectivity index (χ1) is 12.6. The highest BCUT2D eigenvalue weighted by atomic mass is 35.5. The molecule has 0 saturated carbocycles. The number of hydrogen-bond acceptors (Lipinski definition) is 6. The predicted octanol–water partition coefficient (Wildman–Crippen LogP) is 3.58. The van der Waals surface area contributed by atoms with E-state index in [1.54, 1.807) is 0 Å². The van der Waals surface area contributed by atoms with E-state index in [2.05, 4.69) is 4.74 Å². The number of esters is 1. The lowest BCUT2D eigenvalue weighted by atomic mass is 10.1. The second-order valence-corrected chi connectivity index (χ2v) is 8.02. The summed E-state index contributed by atoms with van der Waals surface area (Å²) in [6, 6.07) is 7.74. The van der Waals surface area contributed by atoms with E-state index in [1.165, 1.54) is 37.3 Å². The van der Waals surface area contributed by atoms with E-state index >= 15 is 0 Å². The third-order valence-electron chi connectivity index (χ3n) is 3.70. The monoisotopic (exact) mass is 432 g/mol. The molecular formula is C16H14Cl2N2O6S. The molecule has 0 aliphatic carbocycles. The molecule has 0 heterocycles. The Kier molecular flexibility index (Phi) is 6.30. The molecule has 2 aromatic rings. The Balaban J connectivity index is 2.73. The number of sulfonamides is 1. The summed E-state index contributed by atoms with van der Waals surface area (Å²) in [6.07, 6.45) is 0. The predicted molar refractivity (Wildman–Crippen MR) is 101 cm³/mol. The number of carbonyl (C=O) groups is 1. The van der Waals surface area contributed by atoms with Gasteiger partial charge in [0.2, 0.25) is 0 Å². The van der Waals surface area contributed by atoms with Crippen LogP contribution in [-0.4, -0.2) is 33.0 Å². The van der Waals surface area contributed by atoms with Crippen molar-refractivity contribution in [2.75, 3.05) is 18.0 Å². The van der Waals surface area contributed by atoms with Gasteiger partial charge in [0.1, 0.15) is 11.4 Å². The number of nitro groups is 1. The number of hydrogen-bond donors (Lipinski definition) is 0. The van der Waals surface area contributed by atoms with Gasteiger partial charge in [-0.25, -0.2) is 8.42 Å². The van der Waals surface area contributed by atoms with Crippen molar-refractivity contribution in [2.45, 2.75) is 11.8 Å². The maximum absolute atomic E-state index is 13.2. The molecule has 0 bridgehead atoms. The second kappa shape index (κ2) is 8.12. The highest BCUT2D eigenvalue weighted by molar-refractivity contribution is 7.93. The summed E-state index contributed by atoms with van der Waals surface area (Å²) in [5.41, 5.74) is -0.284. The van der Waals surface area contributed by atoms with Gasteiger partial charge in [0.25, 0.3) is 15.7 Å². The molecule has 27 heavy (non-hydrogen) atoms. The summed E-state index contributed by atoms with van der Waals surface area (Å²) < 4.78 is 31.7. The van der Waals surface area contributed by atoms with Crippen molar-refractivity contribution in [3.05, 3.63) is 62.1 Å². The van der Waals surface area contributed by atoms with Crippen LogP contribution in [0.15, 0.2) is 41.3 Å². The van der Waals surface area contributed by atoms with Crippen molar-refractivity contribution in [3.8, 4) is 0 Å². The van der Waals surface area contributed by atoms with Gasteiger partial charge < -0.3 is 4.74 Å². The Labute approximate surface area is 165 Å². The van der Waals surface area contributed by atoms with Crippen molar-refractivity contribution >= 4 is 50.6 Å². The van der Waals surface area contributed by atoms with Gasteiger partial charge >= 0.3 is 5.97 Å². The fraction of sp³-hybridized carbons (Fsp3) is 0.188. The van der Waals surface area contributed by atoms with Gasteiger partial charge in [0.15, 0.2) is 0 Å². The summed E-state index contributed by atoms with van der Waals surface area (Å²) in [6.45, 7) is 0.677. The molecule has 0 atom stereocenters. The lowest BCUT2D eigenvalue weighted by Gasteiger charge is -2.25. The minimum absolute atomic E-state index is 0.0503. The highest BCUT2D eigenvalue weighted by Gasteiger charge is 2.32. The van der Waals surface area contributed by atoms with Crippen LogP contribution >= 0.6 is 23.2 Å².